The van der Waals surface area contributed by atoms with Crippen molar-refractivity contribution in [3.05, 3.63) is 28.7 Å². The molecule has 0 aliphatic rings. The third-order valence-electron chi connectivity index (χ3n) is 3.34. The van der Waals surface area contributed by atoms with Crippen LogP contribution in [0.15, 0.2) is 28.7 Å². The van der Waals surface area contributed by atoms with Crippen LogP contribution in [0.1, 0.15) is 26.7 Å². The Labute approximate surface area is 127 Å². The van der Waals surface area contributed by atoms with E-state index in [1.807, 2.05) is 38.1 Å². The number of ether oxygens (including phenoxy) is 1. The van der Waals surface area contributed by atoms with E-state index in [0.29, 0.717) is 19.4 Å². The van der Waals surface area contributed by atoms with Gasteiger partial charge in [-0.2, -0.15) is 0 Å². The Kier molecular flexibility index (Phi) is 6.15. The summed E-state index contributed by atoms with van der Waals surface area (Å²) in [5, 5.41) is 0. The second-order valence-corrected chi connectivity index (χ2v) is 8.33. The average molecular weight is 370 g/mol. The number of halogens is 2. The third kappa shape index (κ3) is 5.71. The maximum atomic E-state index is 11.3. The maximum Gasteiger partial charge on any atom is 0.233 e. The monoisotopic (exact) mass is 368 g/mol. The molecule has 3 nitrogen and oxygen atoms in total. The van der Waals surface area contributed by atoms with Gasteiger partial charge in [0.1, 0.15) is 5.75 Å². The Morgan fingerprint density at radius 1 is 1.21 bits per heavy atom. The summed E-state index contributed by atoms with van der Waals surface area (Å²) >= 11 is 3.35. The molecule has 1 aromatic carbocycles. The van der Waals surface area contributed by atoms with Gasteiger partial charge in [-0.3, -0.25) is 0 Å². The molecule has 0 aliphatic carbocycles. The number of hydrogen-bond acceptors (Lipinski definition) is 3. The molecule has 6 heteroatoms. The minimum atomic E-state index is -3.53. The summed E-state index contributed by atoms with van der Waals surface area (Å²) in [6, 6.07) is 7.45. The number of rotatable bonds is 7. The molecule has 0 unspecified atom stereocenters. The van der Waals surface area contributed by atoms with Crippen molar-refractivity contribution in [3.8, 4) is 5.75 Å². The minimum absolute atomic E-state index is 0.0644. The highest BCUT2D eigenvalue weighted by atomic mass is 79.9. The van der Waals surface area contributed by atoms with Gasteiger partial charge in [0, 0.05) is 20.6 Å². The Balaban J connectivity index is 2.76. The van der Waals surface area contributed by atoms with Crippen LogP contribution in [-0.2, 0) is 9.05 Å². The normalized spacial score (nSPS) is 12.4. The van der Waals surface area contributed by atoms with Crippen molar-refractivity contribution in [2.75, 3.05) is 12.4 Å². The zero-order chi connectivity index (χ0) is 14.5. The van der Waals surface area contributed by atoms with Crippen LogP contribution in [0.25, 0.3) is 0 Å². The van der Waals surface area contributed by atoms with Crippen LogP contribution in [0.2, 0.25) is 0 Å². The summed E-state index contributed by atoms with van der Waals surface area (Å²) in [6.07, 6.45) is 1.40. The van der Waals surface area contributed by atoms with Gasteiger partial charge in [0.15, 0.2) is 0 Å². The lowest BCUT2D eigenvalue weighted by molar-refractivity contribution is 0.155. The molecule has 0 heterocycles. The highest BCUT2D eigenvalue weighted by Gasteiger charge is 2.32. The van der Waals surface area contributed by atoms with Crippen molar-refractivity contribution in [1.29, 1.82) is 0 Å². The molecule has 0 saturated carbocycles. The first-order chi connectivity index (χ1) is 8.80. The average Bonchev–Trinajstić information content (AvgIpc) is 2.35. The summed E-state index contributed by atoms with van der Waals surface area (Å²) in [4.78, 5) is 0. The van der Waals surface area contributed by atoms with Gasteiger partial charge in [0.25, 0.3) is 0 Å². The second kappa shape index (κ2) is 6.95. The van der Waals surface area contributed by atoms with Gasteiger partial charge in [-0.25, -0.2) is 8.42 Å². The summed E-state index contributed by atoms with van der Waals surface area (Å²) in [6.45, 7) is 4.25. The highest BCUT2D eigenvalue weighted by Crippen LogP contribution is 2.31. The van der Waals surface area contributed by atoms with Crippen molar-refractivity contribution in [3.63, 3.8) is 0 Å². The SMILES string of the molecule is CCC(CC)(COc1ccc(Br)cc1)CS(=O)(=O)Cl. The molecule has 0 aromatic heterocycles. The van der Waals surface area contributed by atoms with Gasteiger partial charge in [0.2, 0.25) is 9.05 Å². The molecular weight excluding hydrogens is 352 g/mol. The minimum Gasteiger partial charge on any atom is -0.493 e. The Morgan fingerprint density at radius 3 is 2.16 bits per heavy atom. The molecule has 0 fully saturated rings. The predicted octanol–water partition coefficient (Wildman–Crippen LogP) is 4.20. The van der Waals surface area contributed by atoms with Crippen LogP contribution in [0.4, 0.5) is 0 Å². The first-order valence-corrected chi connectivity index (χ1v) is 9.38. The number of benzene rings is 1. The maximum absolute atomic E-state index is 11.3. The molecule has 1 aromatic rings. The Bertz CT molecular complexity index is 495. The van der Waals surface area contributed by atoms with Crippen LogP contribution < -0.4 is 4.74 Å². The van der Waals surface area contributed by atoms with E-state index in [-0.39, 0.29) is 5.75 Å². The fourth-order valence-corrected chi connectivity index (χ4v) is 4.01. The van der Waals surface area contributed by atoms with Gasteiger partial charge in [-0.1, -0.05) is 29.8 Å². The van der Waals surface area contributed by atoms with E-state index >= 15 is 0 Å². The summed E-state index contributed by atoms with van der Waals surface area (Å²) < 4.78 is 29.3. The first-order valence-electron chi connectivity index (χ1n) is 6.11. The topological polar surface area (TPSA) is 43.4 Å². The van der Waals surface area contributed by atoms with Gasteiger partial charge in [-0.05, 0) is 37.1 Å². The fraction of sp³-hybridized carbons (Fsp3) is 0.538. The Hall–Kier alpha value is -0.260. The van der Waals surface area contributed by atoms with E-state index in [0.717, 1.165) is 10.2 Å². The van der Waals surface area contributed by atoms with E-state index in [1.54, 1.807) is 0 Å². The van der Waals surface area contributed by atoms with Crippen LogP contribution in [-0.4, -0.2) is 20.8 Å². The fourth-order valence-electron chi connectivity index (χ4n) is 1.83. The van der Waals surface area contributed by atoms with E-state index in [1.165, 1.54) is 0 Å². The highest BCUT2D eigenvalue weighted by molar-refractivity contribution is 9.10. The lowest BCUT2D eigenvalue weighted by atomic mass is 9.85. The van der Waals surface area contributed by atoms with Gasteiger partial charge in [-0.15, -0.1) is 0 Å². The lowest BCUT2D eigenvalue weighted by Crippen LogP contribution is -2.33. The molecule has 0 spiro atoms. The predicted molar refractivity (Wildman–Crippen MR) is 82.3 cm³/mol. The molecule has 19 heavy (non-hydrogen) atoms. The standard InChI is InChI=1S/C13H18BrClO3S/c1-3-13(4-2,10-19(15,16)17)9-18-12-7-5-11(14)6-8-12/h5-8H,3-4,9-10H2,1-2H3. The number of hydrogen-bond donors (Lipinski definition) is 0. The quantitative estimate of drug-likeness (QED) is 0.676. The smallest absolute Gasteiger partial charge is 0.233 e. The van der Waals surface area contributed by atoms with Crippen LogP contribution in [0, 0.1) is 5.41 Å². The van der Waals surface area contributed by atoms with Crippen molar-refractivity contribution in [2.24, 2.45) is 5.41 Å². The van der Waals surface area contributed by atoms with Gasteiger partial charge < -0.3 is 4.74 Å². The molecular formula is C13H18BrClO3S. The van der Waals surface area contributed by atoms with E-state index in [4.69, 9.17) is 15.4 Å². The zero-order valence-electron chi connectivity index (χ0n) is 11.0. The van der Waals surface area contributed by atoms with Crippen molar-refractivity contribution >= 4 is 35.7 Å². The lowest BCUT2D eigenvalue weighted by Gasteiger charge is -2.30. The summed E-state index contributed by atoms with van der Waals surface area (Å²) in [5.41, 5.74) is -0.437. The van der Waals surface area contributed by atoms with Gasteiger partial charge >= 0.3 is 0 Å². The third-order valence-corrected chi connectivity index (χ3v) is 5.15. The molecule has 0 bridgehead atoms. The van der Waals surface area contributed by atoms with Crippen molar-refractivity contribution < 1.29 is 13.2 Å². The molecule has 0 radical (unpaired) electrons. The first kappa shape index (κ1) is 16.8. The molecule has 108 valence electrons. The molecule has 0 N–H and O–H groups in total. The molecule has 0 saturated heterocycles. The summed E-state index contributed by atoms with van der Waals surface area (Å²) in [5.74, 6) is 0.659. The van der Waals surface area contributed by atoms with E-state index < -0.39 is 14.5 Å². The molecule has 0 amide bonds. The van der Waals surface area contributed by atoms with Crippen molar-refractivity contribution in [2.45, 2.75) is 26.7 Å². The largest absolute Gasteiger partial charge is 0.493 e. The van der Waals surface area contributed by atoms with Crippen LogP contribution in [0.3, 0.4) is 0 Å². The second-order valence-electron chi connectivity index (χ2n) is 4.63. The summed E-state index contributed by atoms with van der Waals surface area (Å²) in [7, 11) is 1.86. The zero-order valence-corrected chi connectivity index (χ0v) is 14.2. The van der Waals surface area contributed by atoms with Gasteiger partial charge in [0.05, 0.1) is 12.4 Å². The van der Waals surface area contributed by atoms with E-state index in [9.17, 15) is 8.42 Å². The van der Waals surface area contributed by atoms with Crippen molar-refractivity contribution in [1.82, 2.24) is 0 Å². The Morgan fingerprint density at radius 2 is 1.74 bits per heavy atom. The molecule has 0 aliphatic heterocycles. The van der Waals surface area contributed by atoms with Crippen LogP contribution in [0.5, 0.6) is 5.75 Å². The molecule has 0 atom stereocenters. The van der Waals surface area contributed by atoms with E-state index in [2.05, 4.69) is 15.9 Å². The molecule has 1 rings (SSSR count). The van der Waals surface area contributed by atoms with Crippen LogP contribution >= 0.6 is 26.6 Å².